The number of hydrogen-bond acceptors (Lipinski definition) is 7. The summed E-state index contributed by atoms with van der Waals surface area (Å²) in [6.07, 6.45) is 2.42. The lowest BCUT2D eigenvalue weighted by atomic mass is 10.1. The molecule has 0 bridgehead atoms. The Labute approximate surface area is 221 Å². The standard InChI is InChI=1S/C27H26N2O7S2/c1-37(32,33)22-11-5-7-19(15-22)17-28-25-13-12-23(16-24(25)26(30)27(28)31)38(34,35)29-14-6-8-20(29)18-36-21-9-3-2-4-10-21/h2-5,7,9-13,15-16,20H,6,8,14,17-18H2,1H3. The highest BCUT2D eigenvalue weighted by Gasteiger charge is 2.40. The first-order valence-corrected chi connectivity index (χ1v) is 15.4. The maximum atomic E-state index is 13.6. The molecule has 2 aliphatic heterocycles. The highest BCUT2D eigenvalue weighted by Crippen LogP contribution is 2.35. The summed E-state index contributed by atoms with van der Waals surface area (Å²) >= 11 is 0. The van der Waals surface area contributed by atoms with Crippen LogP contribution in [0.25, 0.3) is 0 Å². The Morgan fingerprint density at radius 2 is 1.66 bits per heavy atom. The Balaban J connectivity index is 1.39. The van der Waals surface area contributed by atoms with E-state index in [1.807, 2.05) is 18.2 Å². The number of sulfonamides is 1. The molecule has 198 valence electrons. The minimum Gasteiger partial charge on any atom is -0.492 e. The van der Waals surface area contributed by atoms with E-state index in [1.54, 1.807) is 24.3 Å². The number of carbonyl (C=O) groups excluding carboxylic acids is 2. The van der Waals surface area contributed by atoms with Crippen LogP contribution in [0.1, 0.15) is 28.8 Å². The van der Waals surface area contributed by atoms with E-state index >= 15 is 0 Å². The Hall–Kier alpha value is -3.54. The topological polar surface area (TPSA) is 118 Å². The van der Waals surface area contributed by atoms with Crippen LogP contribution in [0.15, 0.2) is 82.6 Å². The molecule has 2 aliphatic rings. The number of ketones is 1. The van der Waals surface area contributed by atoms with Gasteiger partial charge in [-0.15, -0.1) is 0 Å². The van der Waals surface area contributed by atoms with Crippen molar-refractivity contribution in [2.45, 2.75) is 35.2 Å². The number of anilines is 1. The van der Waals surface area contributed by atoms with Crippen LogP contribution in [0.5, 0.6) is 5.75 Å². The predicted octanol–water partition coefficient (Wildman–Crippen LogP) is 3.05. The fraction of sp³-hybridized carbons (Fsp3) is 0.259. The molecule has 1 unspecified atom stereocenters. The molecule has 0 saturated carbocycles. The van der Waals surface area contributed by atoms with Gasteiger partial charge in [0.15, 0.2) is 9.84 Å². The predicted molar refractivity (Wildman–Crippen MR) is 140 cm³/mol. The Morgan fingerprint density at radius 3 is 2.39 bits per heavy atom. The Kier molecular flexibility index (Phi) is 6.84. The van der Waals surface area contributed by atoms with E-state index < -0.39 is 31.6 Å². The number of amides is 1. The molecule has 1 amide bonds. The van der Waals surface area contributed by atoms with Crippen molar-refractivity contribution in [3.63, 3.8) is 0 Å². The zero-order valence-corrected chi connectivity index (χ0v) is 22.2. The van der Waals surface area contributed by atoms with E-state index in [2.05, 4.69) is 0 Å². The molecule has 1 saturated heterocycles. The van der Waals surface area contributed by atoms with Crippen molar-refractivity contribution >= 4 is 37.2 Å². The molecule has 3 aromatic rings. The third kappa shape index (κ3) is 4.96. The lowest BCUT2D eigenvalue weighted by Gasteiger charge is -2.24. The van der Waals surface area contributed by atoms with Crippen LogP contribution in [0.3, 0.4) is 0 Å². The van der Waals surface area contributed by atoms with Gasteiger partial charge in [-0.25, -0.2) is 16.8 Å². The molecule has 0 N–H and O–H groups in total. The van der Waals surface area contributed by atoms with Crippen LogP contribution >= 0.6 is 0 Å². The normalized spacial score (nSPS) is 18.1. The lowest BCUT2D eigenvalue weighted by molar-refractivity contribution is -0.114. The molecule has 0 aromatic heterocycles. The third-order valence-electron chi connectivity index (χ3n) is 6.73. The molecule has 11 heteroatoms. The van der Waals surface area contributed by atoms with Gasteiger partial charge in [-0.1, -0.05) is 30.3 Å². The quantitative estimate of drug-likeness (QED) is 0.393. The minimum atomic E-state index is -3.95. The van der Waals surface area contributed by atoms with Crippen molar-refractivity contribution in [2.24, 2.45) is 0 Å². The summed E-state index contributed by atoms with van der Waals surface area (Å²) in [6.45, 7) is 0.502. The molecule has 9 nitrogen and oxygen atoms in total. The number of ether oxygens (including phenoxy) is 1. The van der Waals surface area contributed by atoms with E-state index in [1.165, 1.54) is 39.5 Å². The van der Waals surface area contributed by atoms with Crippen molar-refractivity contribution in [2.75, 3.05) is 24.3 Å². The van der Waals surface area contributed by atoms with Crippen LogP contribution in [0, 0.1) is 0 Å². The minimum absolute atomic E-state index is 0.00613. The number of carbonyl (C=O) groups is 2. The lowest BCUT2D eigenvalue weighted by Crippen LogP contribution is -2.39. The van der Waals surface area contributed by atoms with E-state index in [-0.39, 0.29) is 40.2 Å². The summed E-state index contributed by atoms with van der Waals surface area (Å²) in [5.41, 5.74) is 0.817. The second-order valence-corrected chi connectivity index (χ2v) is 13.3. The maximum absolute atomic E-state index is 13.6. The number of fused-ring (bicyclic) bond motifs is 1. The van der Waals surface area contributed by atoms with Crippen molar-refractivity contribution in [1.29, 1.82) is 0 Å². The van der Waals surface area contributed by atoms with Gasteiger partial charge in [0.25, 0.3) is 11.7 Å². The molecule has 0 aliphatic carbocycles. The Bertz CT molecular complexity index is 1620. The third-order valence-corrected chi connectivity index (χ3v) is 9.78. The number of nitrogens with zero attached hydrogens (tertiary/aromatic N) is 2. The number of para-hydroxylation sites is 1. The molecular formula is C27H26N2O7S2. The van der Waals surface area contributed by atoms with Crippen LogP contribution < -0.4 is 9.64 Å². The molecule has 38 heavy (non-hydrogen) atoms. The van der Waals surface area contributed by atoms with E-state index in [9.17, 15) is 26.4 Å². The molecule has 0 radical (unpaired) electrons. The fourth-order valence-electron chi connectivity index (χ4n) is 4.79. The first-order chi connectivity index (χ1) is 18.1. The van der Waals surface area contributed by atoms with E-state index in [0.717, 1.165) is 6.26 Å². The van der Waals surface area contributed by atoms with Gasteiger partial charge in [0.05, 0.1) is 33.6 Å². The van der Waals surface area contributed by atoms with Crippen LogP contribution in [0.2, 0.25) is 0 Å². The number of rotatable bonds is 8. The second-order valence-electron chi connectivity index (χ2n) is 9.35. The number of hydrogen-bond donors (Lipinski definition) is 0. The van der Waals surface area contributed by atoms with Crippen LogP contribution in [-0.4, -0.2) is 58.3 Å². The van der Waals surface area contributed by atoms with Crippen LogP contribution in [0.4, 0.5) is 5.69 Å². The summed E-state index contributed by atoms with van der Waals surface area (Å²) in [5, 5.41) is 0. The van der Waals surface area contributed by atoms with Gasteiger partial charge < -0.3 is 9.64 Å². The fourth-order valence-corrected chi connectivity index (χ4v) is 7.19. The molecule has 5 rings (SSSR count). The zero-order chi connectivity index (χ0) is 27.1. The number of sulfone groups is 1. The van der Waals surface area contributed by atoms with Crippen molar-refractivity contribution in [3.05, 3.63) is 83.9 Å². The Morgan fingerprint density at radius 1 is 0.895 bits per heavy atom. The molecular weight excluding hydrogens is 528 g/mol. The second kappa shape index (κ2) is 9.97. The smallest absolute Gasteiger partial charge is 0.299 e. The molecule has 2 heterocycles. The van der Waals surface area contributed by atoms with E-state index in [4.69, 9.17) is 4.74 Å². The van der Waals surface area contributed by atoms with Crippen molar-refractivity contribution < 1.29 is 31.2 Å². The van der Waals surface area contributed by atoms with Gasteiger partial charge in [0, 0.05) is 12.8 Å². The molecule has 1 fully saturated rings. The summed E-state index contributed by atoms with van der Waals surface area (Å²) in [7, 11) is -7.40. The van der Waals surface area contributed by atoms with Gasteiger partial charge in [-0.05, 0) is 60.9 Å². The van der Waals surface area contributed by atoms with Crippen molar-refractivity contribution in [3.8, 4) is 5.75 Å². The average Bonchev–Trinajstić information content (AvgIpc) is 3.47. The SMILES string of the molecule is CS(=O)(=O)c1cccc(CN2C(=O)C(=O)c3cc(S(=O)(=O)N4CCCC4COc4ccccc4)ccc32)c1. The molecule has 3 aromatic carbocycles. The summed E-state index contributed by atoms with van der Waals surface area (Å²) in [5.74, 6) is -0.947. The molecule has 1 atom stereocenters. The monoisotopic (exact) mass is 554 g/mol. The van der Waals surface area contributed by atoms with Gasteiger partial charge in [0.1, 0.15) is 12.4 Å². The average molecular weight is 555 g/mol. The summed E-state index contributed by atoms with van der Waals surface area (Å²) in [6, 6.07) is 19.0. The van der Waals surface area contributed by atoms with Crippen LogP contribution in [-0.2, 0) is 31.2 Å². The largest absolute Gasteiger partial charge is 0.492 e. The van der Waals surface area contributed by atoms with Gasteiger partial charge in [-0.3, -0.25) is 9.59 Å². The first kappa shape index (κ1) is 26.1. The van der Waals surface area contributed by atoms with Crippen molar-refractivity contribution in [1.82, 2.24) is 4.31 Å². The molecule has 0 spiro atoms. The van der Waals surface area contributed by atoms with Gasteiger partial charge in [-0.2, -0.15) is 4.31 Å². The highest BCUT2D eigenvalue weighted by atomic mass is 32.2. The zero-order valence-electron chi connectivity index (χ0n) is 20.6. The van der Waals surface area contributed by atoms with Gasteiger partial charge in [0.2, 0.25) is 10.0 Å². The van der Waals surface area contributed by atoms with E-state index in [0.29, 0.717) is 30.7 Å². The summed E-state index contributed by atoms with van der Waals surface area (Å²) < 4.78 is 58.1. The summed E-state index contributed by atoms with van der Waals surface area (Å²) in [4.78, 5) is 26.9. The number of Topliss-reactive ketones (excluding diaryl/α,β-unsaturated/α-hetero) is 1. The van der Waals surface area contributed by atoms with Gasteiger partial charge >= 0.3 is 0 Å². The maximum Gasteiger partial charge on any atom is 0.299 e. The highest BCUT2D eigenvalue weighted by molar-refractivity contribution is 7.90. The number of benzene rings is 3. The first-order valence-electron chi connectivity index (χ1n) is 12.0.